The molecule has 0 bridgehead atoms. The maximum atomic E-state index is 13.9. The fourth-order valence-electron chi connectivity index (χ4n) is 1.72. The number of rotatable bonds is 4. The predicted octanol–water partition coefficient (Wildman–Crippen LogP) is 4.17. The molecule has 0 aliphatic carbocycles. The minimum atomic E-state index is -1.29. The molecule has 0 saturated heterocycles. The summed E-state index contributed by atoms with van der Waals surface area (Å²) in [5.41, 5.74) is 0.866. The van der Waals surface area contributed by atoms with Crippen LogP contribution in [0.4, 0.5) is 4.39 Å². The van der Waals surface area contributed by atoms with Crippen LogP contribution in [0.2, 0.25) is 0 Å². The van der Waals surface area contributed by atoms with Crippen LogP contribution in [0.3, 0.4) is 0 Å². The zero-order valence-corrected chi connectivity index (χ0v) is 12.3. The fraction of sp³-hybridized carbons (Fsp3) is 0.133. The van der Waals surface area contributed by atoms with Gasteiger partial charge >= 0.3 is 5.97 Å². The number of hydrogen-bond donors (Lipinski definition) is 1. The van der Waals surface area contributed by atoms with E-state index in [0.29, 0.717) is 5.75 Å². The molecule has 2 rings (SSSR count). The number of hydrogen-bond acceptors (Lipinski definition) is 2. The zero-order valence-electron chi connectivity index (χ0n) is 10.7. The molecule has 0 amide bonds. The van der Waals surface area contributed by atoms with Gasteiger partial charge in [-0.1, -0.05) is 28.1 Å². The molecular formula is C15H12BrFO3. The third-order valence-electron chi connectivity index (χ3n) is 2.83. The van der Waals surface area contributed by atoms with Crippen molar-refractivity contribution in [2.24, 2.45) is 0 Å². The average Bonchev–Trinajstić information content (AvgIpc) is 2.41. The van der Waals surface area contributed by atoms with Crippen molar-refractivity contribution in [3.63, 3.8) is 0 Å². The van der Waals surface area contributed by atoms with Gasteiger partial charge in [0.1, 0.15) is 18.2 Å². The van der Waals surface area contributed by atoms with Crippen LogP contribution in [0.5, 0.6) is 5.75 Å². The maximum Gasteiger partial charge on any atom is 0.338 e. The summed E-state index contributed by atoms with van der Waals surface area (Å²) in [4.78, 5) is 10.8. The van der Waals surface area contributed by atoms with Crippen molar-refractivity contribution in [1.29, 1.82) is 0 Å². The smallest absolute Gasteiger partial charge is 0.338 e. The Morgan fingerprint density at radius 1 is 1.35 bits per heavy atom. The number of aromatic carboxylic acids is 1. The van der Waals surface area contributed by atoms with Crippen molar-refractivity contribution in [2.75, 3.05) is 0 Å². The van der Waals surface area contributed by atoms with Gasteiger partial charge < -0.3 is 9.84 Å². The third-order valence-corrected chi connectivity index (χ3v) is 3.72. The lowest BCUT2D eigenvalue weighted by molar-refractivity contribution is 0.0691. The molecule has 0 radical (unpaired) electrons. The molecule has 2 aromatic rings. The van der Waals surface area contributed by atoms with Gasteiger partial charge in [0.2, 0.25) is 0 Å². The summed E-state index contributed by atoms with van der Waals surface area (Å²) >= 11 is 3.38. The molecule has 1 N–H and O–H groups in total. The average molecular weight is 339 g/mol. The summed E-state index contributed by atoms with van der Waals surface area (Å²) < 4.78 is 20.4. The van der Waals surface area contributed by atoms with Crippen molar-refractivity contribution in [3.05, 3.63) is 63.4 Å². The Bertz CT molecular complexity index is 656. The topological polar surface area (TPSA) is 46.5 Å². The first kappa shape index (κ1) is 14.5. The van der Waals surface area contributed by atoms with E-state index in [9.17, 15) is 9.18 Å². The van der Waals surface area contributed by atoms with Crippen molar-refractivity contribution >= 4 is 21.9 Å². The van der Waals surface area contributed by atoms with Crippen molar-refractivity contribution < 1.29 is 19.0 Å². The highest BCUT2D eigenvalue weighted by atomic mass is 79.9. The number of ether oxygens (including phenoxy) is 1. The largest absolute Gasteiger partial charge is 0.489 e. The van der Waals surface area contributed by atoms with Crippen LogP contribution in [0.15, 0.2) is 40.9 Å². The standard InChI is InChI=1S/C15H12BrFO3/c1-9-7-11(5-6-13(9)16)20-8-10-3-2-4-12(14(10)17)15(18)19/h2-7H,8H2,1H3,(H,18,19). The number of aryl methyl sites for hydroxylation is 1. The number of carboxylic acid groups (broad SMARTS) is 1. The van der Waals surface area contributed by atoms with Gasteiger partial charge in [0.15, 0.2) is 0 Å². The molecule has 0 fully saturated rings. The highest BCUT2D eigenvalue weighted by Crippen LogP contribution is 2.23. The Kier molecular flexibility index (Phi) is 4.39. The maximum absolute atomic E-state index is 13.9. The van der Waals surface area contributed by atoms with Crippen LogP contribution in [-0.2, 0) is 6.61 Å². The van der Waals surface area contributed by atoms with Gasteiger partial charge in [0, 0.05) is 10.0 Å². The Morgan fingerprint density at radius 2 is 2.10 bits per heavy atom. The first-order valence-electron chi connectivity index (χ1n) is 5.88. The van der Waals surface area contributed by atoms with E-state index in [-0.39, 0.29) is 17.7 Å². The minimum Gasteiger partial charge on any atom is -0.489 e. The monoisotopic (exact) mass is 338 g/mol. The molecule has 2 aromatic carbocycles. The van der Waals surface area contributed by atoms with E-state index in [1.807, 2.05) is 19.1 Å². The molecule has 20 heavy (non-hydrogen) atoms. The van der Waals surface area contributed by atoms with Gasteiger partial charge in [-0.3, -0.25) is 0 Å². The molecule has 0 atom stereocenters. The van der Waals surface area contributed by atoms with Gasteiger partial charge in [0.05, 0.1) is 5.56 Å². The van der Waals surface area contributed by atoms with Crippen LogP contribution in [0.1, 0.15) is 21.5 Å². The quantitative estimate of drug-likeness (QED) is 0.909. The summed E-state index contributed by atoms with van der Waals surface area (Å²) in [7, 11) is 0. The van der Waals surface area contributed by atoms with Crippen LogP contribution < -0.4 is 4.74 Å². The molecule has 3 nitrogen and oxygen atoms in total. The fourth-order valence-corrected chi connectivity index (χ4v) is 1.97. The summed E-state index contributed by atoms with van der Waals surface area (Å²) in [6, 6.07) is 9.66. The molecule has 0 spiro atoms. The second-order valence-corrected chi connectivity index (χ2v) is 5.14. The summed E-state index contributed by atoms with van der Waals surface area (Å²) in [5, 5.41) is 8.86. The van der Waals surface area contributed by atoms with Crippen molar-refractivity contribution in [1.82, 2.24) is 0 Å². The van der Waals surface area contributed by atoms with E-state index in [4.69, 9.17) is 9.84 Å². The van der Waals surface area contributed by atoms with Crippen LogP contribution in [-0.4, -0.2) is 11.1 Å². The highest BCUT2D eigenvalue weighted by Gasteiger charge is 2.14. The molecule has 0 aromatic heterocycles. The van der Waals surface area contributed by atoms with Gasteiger partial charge in [-0.15, -0.1) is 0 Å². The lowest BCUT2D eigenvalue weighted by Gasteiger charge is -2.09. The Labute approximate surface area is 124 Å². The zero-order chi connectivity index (χ0) is 14.7. The van der Waals surface area contributed by atoms with E-state index in [1.165, 1.54) is 18.2 Å². The first-order valence-corrected chi connectivity index (χ1v) is 6.68. The molecule has 0 aliphatic rings. The van der Waals surface area contributed by atoms with Gasteiger partial charge in [0.25, 0.3) is 0 Å². The van der Waals surface area contributed by atoms with Crippen molar-refractivity contribution in [3.8, 4) is 5.75 Å². The Balaban J connectivity index is 2.17. The van der Waals surface area contributed by atoms with Crippen molar-refractivity contribution in [2.45, 2.75) is 13.5 Å². The normalized spacial score (nSPS) is 10.3. The summed E-state index contributed by atoms with van der Waals surface area (Å²) in [5.74, 6) is -1.44. The molecular weight excluding hydrogens is 327 g/mol. The Morgan fingerprint density at radius 3 is 2.75 bits per heavy atom. The van der Waals surface area contributed by atoms with Gasteiger partial charge in [-0.25, -0.2) is 9.18 Å². The van der Waals surface area contributed by atoms with Crippen LogP contribution >= 0.6 is 15.9 Å². The van der Waals surface area contributed by atoms with E-state index in [1.54, 1.807) is 6.07 Å². The molecule has 0 aliphatic heterocycles. The lowest BCUT2D eigenvalue weighted by Crippen LogP contribution is -2.06. The van der Waals surface area contributed by atoms with Crippen LogP contribution in [0, 0.1) is 12.7 Å². The molecule has 0 saturated carbocycles. The molecule has 0 heterocycles. The number of halogens is 2. The van der Waals surface area contributed by atoms with E-state index < -0.39 is 11.8 Å². The SMILES string of the molecule is Cc1cc(OCc2cccc(C(=O)O)c2F)ccc1Br. The number of carbonyl (C=O) groups is 1. The van der Waals surface area contributed by atoms with Gasteiger partial charge in [-0.2, -0.15) is 0 Å². The lowest BCUT2D eigenvalue weighted by atomic mass is 10.1. The van der Waals surface area contributed by atoms with E-state index in [2.05, 4.69) is 15.9 Å². The number of carboxylic acids is 1. The molecule has 0 unspecified atom stereocenters. The van der Waals surface area contributed by atoms with E-state index >= 15 is 0 Å². The number of benzene rings is 2. The van der Waals surface area contributed by atoms with Crippen LogP contribution in [0.25, 0.3) is 0 Å². The Hall–Kier alpha value is -1.88. The molecule has 5 heteroatoms. The second-order valence-electron chi connectivity index (χ2n) is 4.28. The third kappa shape index (κ3) is 3.17. The first-order chi connectivity index (χ1) is 9.49. The summed E-state index contributed by atoms with van der Waals surface area (Å²) in [6.45, 7) is 1.90. The summed E-state index contributed by atoms with van der Waals surface area (Å²) in [6.07, 6.45) is 0. The molecule has 104 valence electrons. The highest BCUT2D eigenvalue weighted by molar-refractivity contribution is 9.10. The van der Waals surface area contributed by atoms with E-state index in [0.717, 1.165) is 10.0 Å². The predicted molar refractivity (Wildman–Crippen MR) is 76.6 cm³/mol. The minimum absolute atomic E-state index is 0.0198. The second kappa shape index (κ2) is 6.05. The van der Waals surface area contributed by atoms with Gasteiger partial charge in [-0.05, 0) is 36.8 Å².